The molecule has 3 N–H and O–H groups in total. The van der Waals surface area contributed by atoms with E-state index in [1.807, 2.05) is 52.3 Å². The van der Waals surface area contributed by atoms with E-state index < -0.39 is 26.0 Å². The number of hydrogen-bond acceptors (Lipinski definition) is 11. The number of aromatic nitrogens is 4. The fourth-order valence-corrected chi connectivity index (χ4v) is 7.64. The summed E-state index contributed by atoms with van der Waals surface area (Å²) in [6, 6.07) is 27.7. The number of rotatable bonds is 12. The molecule has 6 heterocycles. The van der Waals surface area contributed by atoms with E-state index in [1.165, 1.54) is 24.5 Å². The van der Waals surface area contributed by atoms with Gasteiger partial charge in [0.15, 0.2) is 0 Å². The van der Waals surface area contributed by atoms with Gasteiger partial charge in [0.1, 0.15) is 23.0 Å². The Morgan fingerprint density at radius 3 is 1.37 bits per heavy atom. The number of aliphatic carboxylic acids is 1. The first kappa shape index (κ1) is 52.5. The minimum atomic E-state index is -2.61. The average molecular weight is 983 g/mol. The molecule has 0 bridgehead atoms. The van der Waals surface area contributed by atoms with E-state index >= 15 is 0 Å². The summed E-state index contributed by atoms with van der Waals surface area (Å²) in [6.45, 7) is 9.38. The molecule has 2 amide bonds. The van der Waals surface area contributed by atoms with E-state index in [9.17, 15) is 41.1 Å². The summed E-state index contributed by atoms with van der Waals surface area (Å²) in [5.41, 5.74) is 12.1. The molecule has 2 aliphatic rings. The molecule has 2 saturated heterocycles. The number of nitrogens with zero attached hydrogens (tertiary/aromatic N) is 8. The largest absolute Gasteiger partial charge is 0.481 e. The lowest BCUT2D eigenvalue weighted by Gasteiger charge is -2.35. The van der Waals surface area contributed by atoms with Gasteiger partial charge in [0, 0.05) is 97.1 Å². The molecule has 2 aliphatic heterocycles. The number of anilines is 3. The van der Waals surface area contributed by atoms with Crippen LogP contribution in [0.25, 0.3) is 22.3 Å². The highest BCUT2D eigenvalue weighted by Crippen LogP contribution is 2.26. The third-order valence-corrected chi connectivity index (χ3v) is 11.5. The van der Waals surface area contributed by atoms with Crippen molar-refractivity contribution in [3.8, 4) is 22.3 Å². The summed E-state index contributed by atoms with van der Waals surface area (Å²) < 4.78 is 66.4. The van der Waals surface area contributed by atoms with Gasteiger partial charge in [-0.25, -0.2) is 22.5 Å². The molecule has 0 spiro atoms. The molecule has 14 nitrogen and oxygen atoms in total. The number of carboxylic acids is 1. The number of Topliss-reactive ketones (excluding diaryl/α,β-unsaturated/α-hetero) is 1. The molecule has 0 unspecified atom stereocenters. The zero-order chi connectivity index (χ0) is 52.2. The molecular weight excluding hydrogens is 926 g/mol. The van der Waals surface area contributed by atoms with Crippen molar-refractivity contribution in [3.05, 3.63) is 150 Å². The third-order valence-electron chi connectivity index (χ3n) is 11.5. The number of piperazine rings is 2. The molecule has 6 aromatic rings. The SMILES string of the molecule is CC(=O)N1CCN(c2ccc(CC(=O)Cc3ccc(-c4ccnc(C(F)F)c4)cc3)nc2)CC1.CC(=O)N1CCN(c2ccc(N)nc2)CC1.O=C(O)Cc1ccc(-c2ccnc(C(F)F)c2)cc1.[2H]CF. The number of carbonyl (C=O) groups excluding carboxylic acids is 3. The Balaban J connectivity index is 0.000000213. The van der Waals surface area contributed by atoms with E-state index in [0.717, 1.165) is 67.3 Å². The van der Waals surface area contributed by atoms with Crippen LogP contribution in [-0.2, 0) is 38.4 Å². The summed E-state index contributed by atoms with van der Waals surface area (Å²) in [4.78, 5) is 69.6. The van der Waals surface area contributed by atoms with Gasteiger partial charge < -0.3 is 30.4 Å². The second kappa shape index (κ2) is 26.8. The molecular formula is C52H56F5N9O5. The van der Waals surface area contributed by atoms with E-state index in [2.05, 4.69) is 29.7 Å². The van der Waals surface area contributed by atoms with Crippen molar-refractivity contribution in [2.24, 2.45) is 0 Å². The number of halogens is 5. The van der Waals surface area contributed by atoms with Gasteiger partial charge in [-0.1, -0.05) is 48.5 Å². The van der Waals surface area contributed by atoms with E-state index in [4.69, 9.17) is 12.2 Å². The molecule has 374 valence electrons. The van der Waals surface area contributed by atoms with Crippen molar-refractivity contribution in [3.63, 3.8) is 0 Å². The zero-order valence-electron chi connectivity index (χ0n) is 40.3. The molecule has 8 rings (SSSR count). The van der Waals surface area contributed by atoms with Gasteiger partial charge in [-0.05, 0) is 81.9 Å². The van der Waals surface area contributed by atoms with Gasteiger partial charge in [0.05, 0.1) is 38.7 Å². The first-order valence-electron chi connectivity index (χ1n) is 23.2. The number of amides is 2. The van der Waals surface area contributed by atoms with E-state index in [-0.39, 0.29) is 48.2 Å². The number of nitrogen functional groups attached to an aromatic ring is 1. The Morgan fingerprint density at radius 2 is 1.00 bits per heavy atom. The number of pyridine rings is 4. The Kier molecular flexibility index (Phi) is 19.8. The third kappa shape index (κ3) is 16.7. The van der Waals surface area contributed by atoms with Crippen LogP contribution in [0.5, 0.6) is 0 Å². The van der Waals surface area contributed by atoms with Gasteiger partial charge in [-0.2, -0.15) is 0 Å². The smallest absolute Gasteiger partial charge is 0.307 e. The molecule has 71 heavy (non-hydrogen) atoms. The van der Waals surface area contributed by atoms with E-state index in [1.54, 1.807) is 68.7 Å². The number of alkyl halides is 5. The van der Waals surface area contributed by atoms with Crippen molar-refractivity contribution in [2.45, 2.75) is 46.0 Å². The fourth-order valence-electron chi connectivity index (χ4n) is 7.64. The maximum atomic E-state index is 12.9. The van der Waals surface area contributed by atoms with Crippen LogP contribution in [0.2, 0.25) is 0 Å². The van der Waals surface area contributed by atoms with Crippen LogP contribution in [0.4, 0.5) is 39.1 Å². The molecule has 4 aromatic heterocycles. The first-order valence-corrected chi connectivity index (χ1v) is 22.5. The summed E-state index contributed by atoms with van der Waals surface area (Å²) in [7, 11) is -1.00. The minimum Gasteiger partial charge on any atom is -0.481 e. The van der Waals surface area contributed by atoms with Crippen molar-refractivity contribution in [1.29, 1.82) is 0 Å². The maximum absolute atomic E-state index is 12.9. The number of carboxylic acid groups (broad SMARTS) is 1. The number of carbonyl (C=O) groups is 4. The standard InChI is InChI=1S/C26H26F2N4O2.C14H11F2NO2.C11H16N4O.CH3F/c1-18(33)31-10-12-32(13-11-31)23-7-6-22(30-17-23)16-24(34)14-19-2-4-20(5-3-19)21-8-9-29-25(15-21)26(27)28;15-14(16)12-8-11(5-6-17-12)10-3-1-9(2-4-10)7-13(18)19;1-9(16)14-4-6-15(7-5-14)10-2-3-11(12)13-8-10;1-2/h2-9,15,17,26H,10-14,16H2,1H3;1-6,8,14H,7H2,(H,18,19);2-3,8H,4-7H2,1H3,(H2,12,13);1H3/i;;;1D. The molecule has 2 aromatic carbocycles. The highest BCUT2D eigenvalue weighted by Gasteiger charge is 2.21. The van der Waals surface area contributed by atoms with Crippen LogP contribution in [0.1, 0.15) is 56.3 Å². The number of nitrogens with two attached hydrogens (primary N) is 1. The number of benzene rings is 2. The van der Waals surface area contributed by atoms with Crippen LogP contribution in [0, 0.1) is 0 Å². The number of hydrogen-bond donors (Lipinski definition) is 2. The second-order valence-electron chi connectivity index (χ2n) is 16.3. The molecule has 0 radical (unpaired) electrons. The monoisotopic (exact) mass is 982 g/mol. The predicted molar refractivity (Wildman–Crippen MR) is 262 cm³/mol. The van der Waals surface area contributed by atoms with Crippen molar-refractivity contribution < 1.29 is 47.6 Å². The first-order chi connectivity index (χ1) is 34.5. The fraction of sp³-hybridized carbons (Fsp3) is 0.308. The summed E-state index contributed by atoms with van der Waals surface area (Å²) in [6.07, 6.45) is 1.50. The Hall–Kier alpha value is -7.83. The van der Waals surface area contributed by atoms with Gasteiger partial charge in [0.2, 0.25) is 11.8 Å². The highest BCUT2D eigenvalue weighted by atomic mass is 19.3. The quantitative estimate of drug-likeness (QED) is 0.112. The lowest BCUT2D eigenvalue weighted by atomic mass is 10.0. The van der Waals surface area contributed by atoms with Gasteiger partial charge in [-0.3, -0.25) is 38.5 Å². The summed E-state index contributed by atoms with van der Waals surface area (Å²) >= 11 is 0. The van der Waals surface area contributed by atoms with Crippen LogP contribution in [0.3, 0.4) is 0 Å². The van der Waals surface area contributed by atoms with Crippen LogP contribution in [-0.4, -0.2) is 118 Å². The summed E-state index contributed by atoms with van der Waals surface area (Å²) in [5.74, 6) is -0.0793. The topological polar surface area (TPSA) is 179 Å². The lowest BCUT2D eigenvalue weighted by Crippen LogP contribution is -2.48. The molecule has 0 saturated carbocycles. The maximum Gasteiger partial charge on any atom is 0.307 e. The van der Waals surface area contributed by atoms with E-state index in [0.29, 0.717) is 41.3 Å². The molecule has 0 aliphatic carbocycles. The molecule has 2 fully saturated rings. The lowest BCUT2D eigenvalue weighted by molar-refractivity contribution is -0.136. The number of ketones is 1. The Bertz CT molecular complexity index is 2670. The highest BCUT2D eigenvalue weighted by molar-refractivity contribution is 5.83. The van der Waals surface area contributed by atoms with Crippen LogP contribution in [0.15, 0.2) is 122 Å². The van der Waals surface area contributed by atoms with Gasteiger partial charge >= 0.3 is 5.97 Å². The van der Waals surface area contributed by atoms with Crippen molar-refractivity contribution >= 4 is 40.8 Å². The Labute approximate surface area is 410 Å². The molecule has 0 atom stereocenters. The normalized spacial score (nSPS) is 13.5. The summed E-state index contributed by atoms with van der Waals surface area (Å²) in [5, 5.41) is 8.66. The zero-order valence-corrected chi connectivity index (χ0v) is 39.3. The average Bonchev–Trinajstić information content (AvgIpc) is 3.38. The van der Waals surface area contributed by atoms with Crippen molar-refractivity contribution in [1.82, 2.24) is 29.7 Å². The minimum absolute atomic E-state index is 0.0481. The second-order valence-corrected chi connectivity index (χ2v) is 16.3. The van der Waals surface area contributed by atoms with Crippen molar-refractivity contribution in [2.75, 3.05) is 75.0 Å². The van der Waals surface area contributed by atoms with Crippen LogP contribution >= 0.6 is 0 Å². The predicted octanol–water partition coefficient (Wildman–Crippen LogP) is 8.34. The van der Waals surface area contributed by atoms with Gasteiger partial charge in [-0.15, -0.1) is 0 Å². The van der Waals surface area contributed by atoms with Crippen LogP contribution < -0.4 is 15.5 Å². The van der Waals surface area contributed by atoms with Gasteiger partial charge in [0.25, 0.3) is 12.9 Å². The molecule has 19 heteroatoms. The Morgan fingerprint density at radius 1 is 0.577 bits per heavy atom.